The summed E-state index contributed by atoms with van der Waals surface area (Å²) in [5.41, 5.74) is 1.12. The van der Waals surface area contributed by atoms with Crippen LogP contribution in [0.1, 0.15) is 36.7 Å². The van der Waals surface area contributed by atoms with Gasteiger partial charge in [-0.05, 0) is 58.0 Å². The third-order valence-corrected chi connectivity index (χ3v) is 4.89. The number of rotatable bonds is 4. The van der Waals surface area contributed by atoms with E-state index < -0.39 is 16.2 Å². The molecule has 2 aromatic rings. The van der Waals surface area contributed by atoms with Crippen molar-refractivity contribution in [2.75, 3.05) is 23.4 Å². The van der Waals surface area contributed by atoms with Gasteiger partial charge in [0, 0.05) is 29.4 Å². The number of aryl methyl sites for hydroxylation is 1. The molecule has 0 fully saturated rings. The Morgan fingerprint density at radius 3 is 2.62 bits per heavy atom. The molecule has 0 spiro atoms. The molecule has 0 saturated heterocycles. The van der Waals surface area contributed by atoms with Crippen LogP contribution in [-0.2, 0) is 4.79 Å². The van der Waals surface area contributed by atoms with E-state index in [1.54, 1.807) is 30.0 Å². The van der Waals surface area contributed by atoms with Gasteiger partial charge in [-0.1, -0.05) is 0 Å². The van der Waals surface area contributed by atoms with E-state index >= 15 is 0 Å². The second kappa shape index (κ2) is 7.54. The van der Waals surface area contributed by atoms with Crippen molar-refractivity contribution >= 4 is 28.9 Å². The molecule has 3 rings (SSSR count). The molecule has 1 aliphatic heterocycles. The van der Waals surface area contributed by atoms with Crippen molar-refractivity contribution in [3.63, 3.8) is 0 Å². The molecule has 0 radical (unpaired) electrons. The van der Waals surface area contributed by atoms with E-state index in [1.165, 1.54) is 18.2 Å². The number of nitrogens with zero attached hydrogens (tertiary/aromatic N) is 2. The van der Waals surface area contributed by atoms with Crippen LogP contribution in [0.4, 0.5) is 17.1 Å². The lowest BCUT2D eigenvalue weighted by Crippen LogP contribution is -2.42. The zero-order chi connectivity index (χ0) is 21.3. The summed E-state index contributed by atoms with van der Waals surface area (Å²) in [6, 6.07) is 9.33. The van der Waals surface area contributed by atoms with Gasteiger partial charge in [-0.15, -0.1) is 0 Å². The largest absolute Gasteiger partial charge is 0.490 e. The molecule has 2 amide bonds. The second-order valence-corrected chi connectivity index (χ2v) is 7.62. The van der Waals surface area contributed by atoms with E-state index in [0.29, 0.717) is 34.8 Å². The zero-order valence-electron chi connectivity index (χ0n) is 16.8. The number of carbonyl (C=O) groups is 2. The average molecular weight is 397 g/mol. The normalized spacial score (nSPS) is 15.2. The molecule has 1 N–H and O–H groups in total. The van der Waals surface area contributed by atoms with E-state index in [1.807, 2.05) is 20.8 Å². The lowest BCUT2D eigenvalue weighted by Gasteiger charge is -2.27. The SMILES string of the molecule is CCN1C(=O)C(C)(C)COc2ccc(NC(=O)c3ccc([N+](=O)[O-])c(C)c3)cc21. The number of benzene rings is 2. The topological polar surface area (TPSA) is 102 Å². The molecular weight excluding hydrogens is 374 g/mol. The number of anilines is 2. The van der Waals surface area contributed by atoms with Crippen LogP contribution in [0.2, 0.25) is 0 Å². The predicted molar refractivity (Wildman–Crippen MR) is 110 cm³/mol. The lowest BCUT2D eigenvalue weighted by atomic mass is 9.93. The van der Waals surface area contributed by atoms with Gasteiger partial charge < -0.3 is 15.0 Å². The van der Waals surface area contributed by atoms with Gasteiger partial charge in [0.25, 0.3) is 11.6 Å². The van der Waals surface area contributed by atoms with E-state index in [9.17, 15) is 19.7 Å². The highest BCUT2D eigenvalue weighted by atomic mass is 16.6. The smallest absolute Gasteiger partial charge is 0.272 e. The first-order valence-electron chi connectivity index (χ1n) is 9.29. The number of nitro groups is 1. The summed E-state index contributed by atoms with van der Waals surface area (Å²) >= 11 is 0. The third kappa shape index (κ3) is 3.91. The fraction of sp³-hybridized carbons (Fsp3) is 0.333. The van der Waals surface area contributed by atoms with Crippen LogP contribution >= 0.6 is 0 Å². The maximum absolute atomic E-state index is 12.8. The van der Waals surface area contributed by atoms with Crippen LogP contribution in [0.3, 0.4) is 0 Å². The molecular formula is C21H23N3O5. The fourth-order valence-corrected chi connectivity index (χ4v) is 3.24. The Bertz CT molecular complexity index is 1000. The highest BCUT2D eigenvalue weighted by molar-refractivity contribution is 6.05. The maximum Gasteiger partial charge on any atom is 0.272 e. The monoisotopic (exact) mass is 397 g/mol. The number of hydrogen-bond donors (Lipinski definition) is 1. The first kappa shape index (κ1) is 20.3. The van der Waals surface area contributed by atoms with Gasteiger partial charge in [-0.25, -0.2) is 0 Å². The van der Waals surface area contributed by atoms with Crippen molar-refractivity contribution in [1.82, 2.24) is 0 Å². The van der Waals surface area contributed by atoms with Crippen LogP contribution in [0, 0.1) is 22.5 Å². The van der Waals surface area contributed by atoms with Crippen LogP contribution < -0.4 is 15.0 Å². The van der Waals surface area contributed by atoms with E-state index in [2.05, 4.69) is 5.32 Å². The quantitative estimate of drug-likeness (QED) is 0.622. The number of ether oxygens (including phenoxy) is 1. The van der Waals surface area contributed by atoms with Gasteiger partial charge >= 0.3 is 0 Å². The zero-order valence-corrected chi connectivity index (χ0v) is 16.8. The summed E-state index contributed by atoms with van der Waals surface area (Å²) in [6.45, 7) is 7.88. The Labute approximate surface area is 168 Å². The number of fused-ring (bicyclic) bond motifs is 1. The Morgan fingerprint density at radius 2 is 2.00 bits per heavy atom. The summed E-state index contributed by atoms with van der Waals surface area (Å²) < 4.78 is 5.82. The number of nitro benzene ring substituents is 1. The minimum absolute atomic E-state index is 0.0385. The second-order valence-electron chi connectivity index (χ2n) is 7.62. The van der Waals surface area contributed by atoms with Gasteiger partial charge in [-0.3, -0.25) is 19.7 Å². The molecule has 2 aromatic carbocycles. The van der Waals surface area contributed by atoms with Crippen LogP contribution in [0.5, 0.6) is 5.75 Å². The van der Waals surface area contributed by atoms with Crippen molar-refractivity contribution in [2.24, 2.45) is 5.41 Å². The minimum Gasteiger partial charge on any atom is -0.490 e. The molecule has 0 unspecified atom stereocenters. The van der Waals surface area contributed by atoms with Crippen molar-refractivity contribution in [1.29, 1.82) is 0 Å². The number of carbonyl (C=O) groups excluding carboxylic acids is 2. The highest BCUT2D eigenvalue weighted by Crippen LogP contribution is 2.38. The molecule has 1 heterocycles. The van der Waals surface area contributed by atoms with Crippen molar-refractivity contribution < 1.29 is 19.2 Å². The summed E-state index contributed by atoms with van der Waals surface area (Å²) in [7, 11) is 0. The summed E-state index contributed by atoms with van der Waals surface area (Å²) in [5.74, 6) is 0.135. The fourth-order valence-electron chi connectivity index (χ4n) is 3.24. The molecule has 152 valence electrons. The molecule has 1 aliphatic rings. The Balaban J connectivity index is 1.89. The number of nitrogens with one attached hydrogen (secondary N) is 1. The number of amides is 2. The van der Waals surface area contributed by atoms with Crippen LogP contribution in [0.15, 0.2) is 36.4 Å². The van der Waals surface area contributed by atoms with Gasteiger partial charge in [0.05, 0.1) is 16.0 Å². The third-order valence-electron chi connectivity index (χ3n) is 4.89. The lowest BCUT2D eigenvalue weighted by molar-refractivity contribution is -0.385. The maximum atomic E-state index is 12.8. The highest BCUT2D eigenvalue weighted by Gasteiger charge is 2.37. The summed E-state index contributed by atoms with van der Waals surface area (Å²) in [5, 5.41) is 13.7. The van der Waals surface area contributed by atoms with E-state index in [-0.39, 0.29) is 18.2 Å². The van der Waals surface area contributed by atoms with Gasteiger partial charge in [0.15, 0.2) is 0 Å². The molecule has 8 heteroatoms. The number of hydrogen-bond acceptors (Lipinski definition) is 5. The van der Waals surface area contributed by atoms with E-state index in [0.717, 1.165) is 0 Å². The molecule has 29 heavy (non-hydrogen) atoms. The van der Waals surface area contributed by atoms with Crippen molar-refractivity contribution in [3.8, 4) is 5.75 Å². The van der Waals surface area contributed by atoms with Crippen LogP contribution in [-0.4, -0.2) is 29.9 Å². The molecule has 0 bridgehead atoms. The predicted octanol–water partition coefficient (Wildman–Crippen LogP) is 3.93. The first-order chi connectivity index (χ1) is 13.6. The Kier molecular flexibility index (Phi) is 5.28. The standard InChI is InChI=1S/C21H23N3O5/c1-5-23-17-11-15(7-9-18(17)29-12-21(3,4)20(23)26)22-19(25)14-6-8-16(24(27)28)13(2)10-14/h6-11H,5,12H2,1-4H3,(H,22,25). The molecule has 8 nitrogen and oxygen atoms in total. The van der Waals surface area contributed by atoms with Crippen molar-refractivity contribution in [3.05, 3.63) is 57.6 Å². The van der Waals surface area contributed by atoms with Crippen molar-refractivity contribution in [2.45, 2.75) is 27.7 Å². The first-order valence-corrected chi connectivity index (χ1v) is 9.29. The Morgan fingerprint density at radius 1 is 1.28 bits per heavy atom. The van der Waals surface area contributed by atoms with Crippen LogP contribution in [0.25, 0.3) is 0 Å². The molecule has 0 aromatic heterocycles. The van der Waals surface area contributed by atoms with E-state index in [4.69, 9.17) is 4.74 Å². The van der Waals surface area contributed by atoms with Gasteiger partial charge in [-0.2, -0.15) is 0 Å². The molecule has 0 saturated carbocycles. The van der Waals surface area contributed by atoms with Gasteiger partial charge in [0.1, 0.15) is 12.4 Å². The average Bonchev–Trinajstić information content (AvgIpc) is 2.76. The van der Waals surface area contributed by atoms with Gasteiger partial charge in [0.2, 0.25) is 5.91 Å². The summed E-state index contributed by atoms with van der Waals surface area (Å²) in [6.07, 6.45) is 0. The molecule has 0 aliphatic carbocycles. The molecule has 0 atom stereocenters. The summed E-state index contributed by atoms with van der Waals surface area (Å²) in [4.78, 5) is 37.6. The minimum atomic E-state index is -0.658. The Hall–Kier alpha value is -3.42.